The third-order valence-electron chi connectivity index (χ3n) is 2.70. The molecule has 0 radical (unpaired) electrons. The van der Waals surface area contributed by atoms with Crippen molar-refractivity contribution >= 4 is 34.5 Å². The van der Waals surface area contributed by atoms with Crippen molar-refractivity contribution in [2.24, 2.45) is 0 Å². The number of benzene rings is 1. The van der Waals surface area contributed by atoms with Crippen LogP contribution < -0.4 is 10.6 Å². The zero-order chi connectivity index (χ0) is 12.7. The molecule has 2 heterocycles. The summed E-state index contributed by atoms with van der Waals surface area (Å²) in [5, 5.41) is 9.33. The SMILES string of the molecule is Cc1csc(C2NC(=O)c3c(Cl)cccc3N2)n1. The molecule has 2 aromatic rings. The number of nitrogens with one attached hydrogen (secondary N) is 2. The van der Waals surface area contributed by atoms with E-state index in [1.165, 1.54) is 11.3 Å². The molecule has 18 heavy (non-hydrogen) atoms. The van der Waals surface area contributed by atoms with Crippen LogP contribution in [-0.4, -0.2) is 10.9 Å². The molecule has 0 bridgehead atoms. The van der Waals surface area contributed by atoms with Crippen LogP contribution >= 0.6 is 22.9 Å². The number of carbonyl (C=O) groups is 1. The Balaban J connectivity index is 1.99. The fourth-order valence-electron chi connectivity index (χ4n) is 1.90. The Morgan fingerprint density at radius 2 is 2.22 bits per heavy atom. The summed E-state index contributed by atoms with van der Waals surface area (Å²) in [5.41, 5.74) is 2.18. The minimum atomic E-state index is -0.290. The molecule has 1 atom stereocenters. The molecule has 0 saturated heterocycles. The summed E-state index contributed by atoms with van der Waals surface area (Å²) in [5.74, 6) is -0.174. The van der Waals surface area contributed by atoms with Crippen molar-refractivity contribution in [3.05, 3.63) is 44.9 Å². The predicted molar refractivity (Wildman–Crippen MR) is 72.1 cm³/mol. The van der Waals surface area contributed by atoms with Gasteiger partial charge in [-0.1, -0.05) is 17.7 Å². The van der Waals surface area contributed by atoms with Gasteiger partial charge >= 0.3 is 0 Å². The van der Waals surface area contributed by atoms with Crippen molar-refractivity contribution in [1.82, 2.24) is 10.3 Å². The van der Waals surface area contributed by atoms with Crippen molar-refractivity contribution in [2.75, 3.05) is 5.32 Å². The first-order valence-corrected chi connectivity index (χ1v) is 6.69. The summed E-state index contributed by atoms with van der Waals surface area (Å²) in [4.78, 5) is 16.4. The lowest BCUT2D eigenvalue weighted by Crippen LogP contribution is -2.38. The Bertz CT molecular complexity index is 626. The third kappa shape index (κ3) is 1.85. The van der Waals surface area contributed by atoms with Gasteiger partial charge in [-0.2, -0.15) is 0 Å². The molecule has 1 aliphatic rings. The molecule has 0 fully saturated rings. The van der Waals surface area contributed by atoms with Crippen LogP contribution in [-0.2, 0) is 0 Å². The van der Waals surface area contributed by atoms with Crippen molar-refractivity contribution in [1.29, 1.82) is 0 Å². The minimum Gasteiger partial charge on any atom is -0.359 e. The summed E-state index contributed by atoms with van der Waals surface area (Å²) in [7, 11) is 0. The average Bonchev–Trinajstić information content (AvgIpc) is 2.75. The van der Waals surface area contributed by atoms with E-state index in [1.807, 2.05) is 24.4 Å². The van der Waals surface area contributed by atoms with E-state index in [1.54, 1.807) is 6.07 Å². The van der Waals surface area contributed by atoms with Crippen LogP contribution in [0.5, 0.6) is 0 Å². The molecule has 1 unspecified atom stereocenters. The maximum Gasteiger partial charge on any atom is 0.256 e. The normalized spacial score (nSPS) is 17.9. The highest BCUT2D eigenvalue weighted by molar-refractivity contribution is 7.09. The summed E-state index contributed by atoms with van der Waals surface area (Å²) >= 11 is 7.54. The van der Waals surface area contributed by atoms with Crippen LogP contribution in [0.15, 0.2) is 23.6 Å². The highest BCUT2D eigenvalue weighted by atomic mass is 35.5. The Morgan fingerprint density at radius 3 is 2.94 bits per heavy atom. The Labute approximate surface area is 113 Å². The zero-order valence-electron chi connectivity index (χ0n) is 9.53. The highest BCUT2D eigenvalue weighted by Crippen LogP contribution is 2.31. The van der Waals surface area contributed by atoms with Gasteiger partial charge in [0.1, 0.15) is 5.01 Å². The van der Waals surface area contributed by atoms with E-state index in [9.17, 15) is 4.79 Å². The van der Waals surface area contributed by atoms with E-state index in [4.69, 9.17) is 11.6 Å². The largest absolute Gasteiger partial charge is 0.359 e. The Kier molecular flexibility index (Phi) is 2.72. The molecular weight excluding hydrogens is 270 g/mol. The number of fused-ring (bicyclic) bond motifs is 1. The van der Waals surface area contributed by atoms with Gasteiger partial charge in [0.05, 0.1) is 16.3 Å². The van der Waals surface area contributed by atoms with Crippen molar-refractivity contribution in [2.45, 2.75) is 13.1 Å². The van der Waals surface area contributed by atoms with Crippen LogP contribution in [0.1, 0.15) is 27.2 Å². The number of aryl methyl sites for hydroxylation is 1. The number of rotatable bonds is 1. The number of halogens is 1. The van der Waals surface area contributed by atoms with E-state index in [-0.39, 0.29) is 12.1 Å². The van der Waals surface area contributed by atoms with Crippen LogP contribution in [0.25, 0.3) is 0 Å². The van der Waals surface area contributed by atoms with E-state index in [0.717, 1.165) is 16.4 Å². The number of hydrogen-bond donors (Lipinski definition) is 2. The number of amides is 1. The minimum absolute atomic E-state index is 0.174. The second-order valence-electron chi connectivity index (χ2n) is 4.04. The summed E-state index contributed by atoms with van der Waals surface area (Å²) in [6.45, 7) is 1.93. The van der Waals surface area contributed by atoms with E-state index < -0.39 is 0 Å². The number of hydrogen-bond acceptors (Lipinski definition) is 4. The first-order valence-electron chi connectivity index (χ1n) is 5.43. The molecule has 0 spiro atoms. The third-order valence-corrected chi connectivity index (χ3v) is 4.04. The molecular formula is C12H10ClN3OS. The van der Waals surface area contributed by atoms with Gasteiger partial charge < -0.3 is 10.6 Å². The van der Waals surface area contributed by atoms with Gasteiger partial charge in [0.15, 0.2) is 6.17 Å². The quantitative estimate of drug-likeness (QED) is 0.844. The number of nitrogens with zero attached hydrogens (tertiary/aromatic N) is 1. The van der Waals surface area contributed by atoms with Gasteiger partial charge in [0.2, 0.25) is 0 Å². The summed E-state index contributed by atoms with van der Waals surface area (Å²) in [6.07, 6.45) is -0.290. The van der Waals surface area contributed by atoms with Crippen LogP contribution in [0, 0.1) is 6.92 Å². The number of anilines is 1. The molecule has 4 nitrogen and oxygen atoms in total. The van der Waals surface area contributed by atoms with E-state index >= 15 is 0 Å². The molecule has 6 heteroatoms. The molecule has 1 aromatic carbocycles. The van der Waals surface area contributed by atoms with Crippen LogP contribution in [0.2, 0.25) is 5.02 Å². The second kappa shape index (κ2) is 4.26. The number of aromatic nitrogens is 1. The van der Waals surface area contributed by atoms with Crippen LogP contribution in [0.3, 0.4) is 0 Å². The molecule has 0 saturated carbocycles. The maximum atomic E-state index is 12.0. The topological polar surface area (TPSA) is 54.0 Å². The first-order chi connectivity index (χ1) is 8.65. The average molecular weight is 280 g/mol. The Hall–Kier alpha value is -1.59. The standard InChI is InChI=1S/C12H10ClN3OS/c1-6-5-18-12(14-6)10-15-8-4-2-3-7(13)9(8)11(17)16-10/h2-5,10,15H,1H3,(H,16,17). The van der Waals surface area contributed by atoms with E-state index in [0.29, 0.717) is 10.6 Å². The molecule has 1 amide bonds. The molecule has 92 valence electrons. The smallest absolute Gasteiger partial charge is 0.256 e. The van der Waals surface area contributed by atoms with E-state index in [2.05, 4.69) is 15.6 Å². The number of carbonyl (C=O) groups excluding carboxylic acids is 1. The van der Waals surface area contributed by atoms with Gasteiger partial charge in [0, 0.05) is 11.1 Å². The molecule has 3 rings (SSSR count). The van der Waals surface area contributed by atoms with Crippen molar-refractivity contribution < 1.29 is 4.79 Å². The highest BCUT2D eigenvalue weighted by Gasteiger charge is 2.27. The zero-order valence-corrected chi connectivity index (χ0v) is 11.1. The lowest BCUT2D eigenvalue weighted by molar-refractivity contribution is 0.0936. The lowest BCUT2D eigenvalue weighted by Gasteiger charge is -2.26. The fraction of sp³-hybridized carbons (Fsp3) is 0.167. The monoisotopic (exact) mass is 279 g/mol. The molecule has 2 N–H and O–H groups in total. The van der Waals surface area contributed by atoms with Crippen molar-refractivity contribution in [3.63, 3.8) is 0 Å². The first kappa shape index (κ1) is 11.5. The predicted octanol–water partition coefficient (Wildman–Crippen LogP) is 2.96. The molecule has 1 aliphatic heterocycles. The van der Waals surface area contributed by atoms with Gasteiger partial charge in [-0.25, -0.2) is 4.98 Å². The van der Waals surface area contributed by atoms with Gasteiger partial charge in [-0.05, 0) is 19.1 Å². The summed E-state index contributed by atoms with van der Waals surface area (Å²) < 4.78 is 0. The van der Waals surface area contributed by atoms with Crippen molar-refractivity contribution in [3.8, 4) is 0 Å². The lowest BCUT2D eigenvalue weighted by atomic mass is 10.1. The van der Waals surface area contributed by atoms with Gasteiger partial charge in [-0.3, -0.25) is 4.79 Å². The van der Waals surface area contributed by atoms with Crippen LogP contribution in [0.4, 0.5) is 5.69 Å². The fourth-order valence-corrected chi connectivity index (χ4v) is 2.95. The van der Waals surface area contributed by atoms with Gasteiger partial charge in [-0.15, -0.1) is 11.3 Å². The summed E-state index contributed by atoms with van der Waals surface area (Å²) in [6, 6.07) is 5.36. The van der Waals surface area contributed by atoms with Gasteiger partial charge in [0.25, 0.3) is 5.91 Å². The second-order valence-corrected chi connectivity index (χ2v) is 5.34. The maximum absolute atomic E-state index is 12.0. The molecule has 0 aliphatic carbocycles. The molecule has 1 aromatic heterocycles. The number of thiazole rings is 1. The Morgan fingerprint density at radius 1 is 1.39 bits per heavy atom.